The molecule has 0 saturated heterocycles. The van der Waals surface area contributed by atoms with Crippen molar-refractivity contribution in [1.29, 1.82) is 0 Å². The van der Waals surface area contributed by atoms with Gasteiger partial charge in [-0.1, -0.05) is 24.4 Å². The van der Waals surface area contributed by atoms with Crippen molar-refractivity contribution in [2.45, 2.75) is 13.5 Å². The molecule has 5 heteroatoms. The Bertz CT molecular complexity index is 563. The number of aromatic nitrogens is 1. The van der Waals surface area contributed by atoms with E-state index in [0.717, 1.165) is 28.5 Å². The number of thiazole rings is 1. The van der Waals surface area contributed by atoms with E-state index >= 15 is 0 Å². The highest BCUT2D eigenvalue weighted by Gasteiger charge is 2.10. The Morgan fingerprint density at radius 1 is 1.44 bits per heavy atom. The van der Waals surface area contributed by atoms with E-state index in [0.29, 0.717) is 4.99 Å². The van der Waals surface area contributed by atoms with E-state index in [4.69, 9.17) is 18.0 Å². The smallest absolute Gasteiger partial charge is 0.112 e. The van der Waals surface area contributed by atoms with Crippen molar-refractivity contribution in [2.75, 3.05) is 11.9 Å². The van der Waals surface area contributed by atoms with Gasteiger partial charge in [-0.15, -0.1) is 11.3 Å². The SMILES string of the molecule is Cc1csc(CN(C)c2ccccc2C(N)=S)n1. The minimum absolute atomic E-state index is 0.424. The van der Waals surface area contributed by atoms with E-state index in [2.05, 4.69) is 15.3 Å². The van der Waals surface area contributed by atoms with Crippen molar-refractivity contribution in [3.05, 3.63) is 45.9 Å². The second kappa shape index (κ2) is 5.46. The van der Waals surface area contributed by atoms with Crippen LogP contribution < -0.4 is 10.6 Å². The topological polar surface area (TPSA) is 42.1 Å². The highest BCUT2D eigenvalue weighted by molar-refractivity contribution is 7.80. The summed E-state index contributed by atoms with van der Waals surface area (Å²) >= 11 is 6.75. The standard InChI is InChI=1S/C13H15N3S2/c1-9-8-18-12(15-9)7-16(2)11-6-4-3-5-10(11)13(14)17/h3-6,8H,7H2,1-2H3,(H2,14,17). The fourth-order valence-electron chi connectivity index (χ4n) is 1.78. The molecule has 18 heavy (non-hydrogen) atoms. The molecular formula is C13H15N3S2. The van der Waals surface area contributed by atoms with Crippen molar-refractivity contribution in [2.24, 2.45) is 5.73 Å². The second-order valence-electron chi connectivity index (χ2n) is 4.12. The molecule has 3 nitrogen and oxygen atoms in total. The van der Waals surface area contributed by atoms with Gasteiger partial charge < -0.3 is 10.6 Å². The number of thiocarbonyl (C=S) groups is 1. The van der Waals surface area contributed by atoms with Crippen molar-refractivity contribution >= 4 is 34.2 Å². The zero-order valence-corrected chi connectivity index (χ0v) is 12.0. The van der Waals surface area contributed by atoms with E-state index < -0.39 is 0 Å². The number of anilines is 1. The van der Waals surface area contributed by atoms with Gasteiger partial charge in [0.25, 0.3) is 0 Å². The summed E-state index contributed by atoms with van der Waals surface area (Å²) < 4.78 is 0. The summed E-state index contributed by atoms with van der Waals surface area (Å²) in [7, 11) is 2.02. The number of para-hydroxylation sites is 1. The van der Waals surface area contributed by atoms with E-state index in [9.17, 15) is 0 Å². The van der Waals surface area contributed by atoms with E-state index in [1.54, 1.807) is 11.3 Å². The van der Waals surface area contributed by atoms with Crippen LogP contribution in [-0.4, -0.2) is 17.0 Å². The summed E-state index contributed by atoms with van der Waals surface area (Å²) in [6.45, 7) is 2.76. The molecule has 0 aliphatic rings. The Morgan fingerprint density at radius 2 is 2.17 bits per heavy atom. The maximum absolute atomic E-state index is 5.74. The Labute approximate surface area is 116 Å². The molecule has 0 aliphatic carbocycles. The van der Waals surface area contributed by atoms with Crippen LogP contribution in [0.1, 0.15) is 16.3 Å². The van der Waals surface area contributed by atoms with Crippen LogP contribution in [0.3, 0.4) is 0 Å². The van der Waals surface area contributed by atoms with Crippen molar-refractivity contribution in [3.63, 3.8) is 0 Å². The first kappa shape index (κ1) is 13.0. The molecule has 0 radical (unpaired) electrons. The third-order valence-corrected chi connectivity index (χ3v) is 3.79. The van der Waals surface area contributed by atoms with Crippen LogP contribution in [-0.2, 0) is 6.54 Å². The molecule has 2 aromatic rings. The molecule has 0 atom stereocenters. The van der Waals surface area contributed by atoms with Crippen molar-refractivity contribution in [3.8, 4) is 0 Å². The highest BCUT2D eigenvalue weighted by Crippen LogP contribution is 2.22. The molecule has 0 fully saturated rings. The summed E-state index contributed by atoms with van der Waals surface area (Å²) in [6, 6.07) is 7.90. The van der Waals surface area contributed by atoms with Gasteiger partial charge in [-0.2, -0.15) is 0 Å². The fourth-order valence-corrected chi connectivity index (χ4v) is 2.78. The summed E-state index contributed by atoms with van der Waals surface area (Å²) in [5, 5.41) is 3.15. The van der Waals surface area contributed by atoms with Crippen LogP contribution in [0.15, 0.2) is 29.6 Å². The normalized spacial score (nSPS) is 10.3. The maximum atomic E-state index is 5.74. The molecule has 0 unspecified atom stereocenters. The van der Waals surface area contributed by atoms with Gasteiger partial charge in [0.15, 0.2) is 0 Å². The van der Waals surface area contributed by atoms with Crippen molar-refractivity contribution < 1.29 is 0 Å². The molecular weight excluding hydrogens is 262 g/mol. The molecule has 0 saturated carbocycles. The van der Waals surface area contributed by atoms with Gasteiger partial charge in [0.1, 0.15) is 10.00 Å². The van der Waals surface area contributed by atoms with Gasteiger partial charge >= 0.3 is 0 Å². The summed E-state index contributed by atoms with van der Waals surface area (Å²) in [5.41, 5.74) is 8.75. The number of hydrogen-bond acceptors (Lipinski definition) is 4. The van der Waals surface area contributed by atoms with Gasteiger partial charge in [-0.25, -0.2) is 4.98 Å². The summed E-state index contributed by atoms with van der Waals surface area (Å²) in [5.74, 6) is 0. The first-order valence-corrected chi connectivity index (χ1v) is 6.87. The molecule has 1 aromatic heterocycles. The van der Waals surface area contributed by atoms with Gasteiger partial charge in [-0.3, -0.25) is 0 Å². The zero-order valence-electron chi connectivity index (χ0n) is 10.4. The minimum atomic E-state index is 0.424. The Hall–Kier alpha value is -1.46. The number of nitrogens with zero attached hydrogens (tertiary/aromatic N) is 2. The molecule has 1 aromatic carbocycles. The van der Waals surface area contributed by atoms with Crippen LogP contribution in [0.2, 0.25) is 0 Å². The van der Waals surface area contributed by atoms with Gasteiger partial charge in [0.2, 0.25) is 0 Å². The number of hydrogen-bond donors (Lipinski definition) is 1. The quantitative estimate of drug-likeness (QED) is 0.873. The second-order valence-corrected chi connectivity index (χ2v) is 5.50. The minimum Gasteiger partial charge on any atom is -0.389 e. The Balaban J connectivity index is 2.23. The Morgan fingerprint density at radius 3 is 2.78 bits per heavy atom. The highest BCUT2D eigenvalue weighted by atomic mass is 32.1. The van der Waals surface area contributed by atoms with Gasteiger partial charge in [0.05, 0.1) is 6.54 Å². The zero-order chi connectivity index (χ0) is 13.1. The van der Waals surface area contributed by atoms with Crippen molar-refractivity contribution in [1.82, 2.24) is 4.98 Å². The average molecular weight is 277 g/mol. The first-order chi connectivity index (χ1) is 8.58. The fraction of sp³-hybridized carbons (Fsp3) is 0.231. The lowest BCUT2D eigenvalue weighted by molar-refractivity contribution is 0.904. The van der Waals surface area contributed by atoms with Crippen LogP contribution in [0, 0.1) is 6.92 Å². The molecule has 0 aliphatic heterocycles. The van der Waals surface area contributed by atoms with E-state index in [-0.39, 0.29) is 0 Å². The predicted molar refractivity (Wildman–Crippen MR) is 81.3 cm³/mol. The lowest BCUT2D eigenvalue weighted by atomic mass is 10.1. The molecule has 0 bridgehead atoms. The molecule has 2 rings (SSSR count). The maximum Gasteiger partial charge on any atom is 0.112 e. The monoisotopic (exact) mass is 277 g/mol. The molecule has 0 spiro atoms. The summed E-state index contributed by atoms with van der Waals surface area (Å²) in [4.78, 5) is 7.01. The lowest BCUT2D eigenvalue weighted by Crippen LogP contribution is -2.21. The van der Waals surface area contributed by atoms with E-state index in [1.807, 2.05) is 38.2 Å². The van der Waals surface area contributed by atoms with Gasteiger partial charge in [0, 0.05) is 29.4 Å². The number of rotatable bonds is 4. The number of aryl methyl sites for hydroxylation is 1. The van der Waals surface area contributed by atoms with E-state index in [1.165, 1.54) is 0 Å². The number of benzene rings is 1. The number of nitrogens with two attached hydrogens (primary N) is 1. The third-order valence-electron chi connectivity index (χ3n) is 2.62. The molecule has 0 amide bonds. The Kier molecular flexibility index (Phi) is 3.93. The van der Waals surface area contributed by atoms with Crippen LogP contribution in [0.4, 0.5) is 5.69 Å². The lowest BCUT2D eigenvalue weighted by Gasteiger charge is -2.20. The summed E-state index contributed by atoms with van der Waals surface area (Å²) in [6.07, 6.45) is 0. The molecule has 1 heterocycles. The average Bonchev–Trinajstić information content (AvgIpc) is 2.74. The van der Waals surface area contributed by atoms with Crippen LogP contribution in [0.25, 0.3) is 0 Å². The molecule has 2 N–H and O–H groups in total. The molecule has 94 valence electrons. The third kappa shape index (κ3) is 2.86. The van der Waals surface area contributed by atoms with Crippen LogP contribution in [0.5, 0.6) is 0 Å². The van der Waals surface area contributed by atoms with Gasteiger partial charge in [-0.05, 0) is 19.1 Å². The largest absolute Gasteiger partial charge is 0.389 e. The first-order valence-electron chi connectivity index (χ1n) is 5.59. The predicted octanol–water partition coefficient (Wildman–Crippen LogP) is 2.72. The van der Waals surface area contributed by atoms with Crippen LogP contribution >= 0.6 is 23.6 Å².